The van der Waals surface area contributed by atoms with E-state index < -0.39 is 0 Å². The number of fused-ring (bicyclic) bond motifs is 1. The second kappa shape index (κ2) is 9.60. The Balaban J connectivity index is 1.33. The van der Waals surface area contributed by atoms with E-state index >= 15 is 0 Å². The molecule has 0 saturated carbocycles. The summed E-state index contributed by atoms with van der Waals surface area (Å²) in [5.41, 5.74) is 4.57. The summed E-state index contributed by atoms with van der Waals surface area (Å²) in [5.74, 6) is 0. The Labute approximate surface area is 198 Å². The van der Waals surface area contributed by atoms with Crippen molar-refractivity contribution in [2.45, 2.75) is 25.7 Å². The monoisotopic (exact) mass is 456 g/mol. The number of hydrogen-bond donors (Lipinski definition) is 0. The predicted octanol–water partition coefficient (Wildman–Crippen LogP) is 3.60. The lowest BCUT2D eigenvalue weighted by Gasteiger charge is -2.11. The zero-order chi connectivity index (χ0) is 22.7. The first-order valence-electron chi connectivity index (χ1n) is 11.8. The van der Waals surface area contributed by atoms with E-state index in [1.807, 2.05) is 18.2 Å². The van der Waals surface area contributed by atoms with Gasteiger partial charge in [0, 0.05) is 35.4 Å². The maximum atomic E-state index is 5.78. The van der Waals surface area contributed by atoms with Gasteiger partial charge in [-0.1, -0.05) is 30.3 Å². The molecule has 0 N–H and O–H groups in total. The van der Waals surface area contributed by atoms with Crippen LogP contribution >= 0.6 is 0 Å². The highest BCUT2D eigenvalue weighted by molar-refractivity contribution is 5.86. The van der Waals surface area contributed by atoms with Crippen LogP contribution in [0.25, 0.3) is 10.8 Å². The van der Waals surface area contributed by atoms with Crippen molar-refractivity contribution >= 4 is 10.8 Å². The van der Waals surface area contributed by atoms with E-state index in [1.54, 1.807) is 0 Å². The molecule has 6 rings (SSSR count). The van der Waals surface area contributed by atoms with Gasteiger partial charge in [-0.3, -0.25) is 0 Å². The number of rotatable bonds is 6. The highest BCUT2D eigenvalue weighted by Crippen LogP contribution is 2.24. The Kier molecular flexibility index (Phi) is 6.04. The molecule has 2 fully saturated rings. The van der Waals surface area contributed by atoms with Gasteiger partial charge in [0.25, 0.3) is 0 Å². The maximum absolute atomic E-state index is 5.78. The first-order chi connectivity index (χ1) is 16.8. The van der Waals surface area contributed by atoms with Gasteiger partial charge in [0.2, 0.25) is 24.0 Å². The molecule has 172 valence electrons. The van der Waals surface area contributed by atoms with Crippen molar-refractivity contribution in [1.29, 1.82) is 0 Å². The lowest BCUT2D eigenvalue weighted by Crippen LogP contribution is -2.40. The smallest absolute Gasteiger partial charge is 0.245 e. The molecule has 34 heavy (non-hydrogen) atoms. The molecular formula is C28H28N2O4+2. The second-order valence-corrected chi connectivity index (χ2v) is 8.63. The lowest BCUT2D eigenvalue weighted by atomic mass is 10.0. The average molecular weight is 457 g/mol. The van der Waals surface area contributed by atoms with E-state index in [1.165, 1.54) is 21.9 Å². The third kappa shape index (κ3) is 4.33. The van der Waals surface area contributed by atoms with Crippen LogP contribution in [0, 0.1) is 0 Å². The molecule has 0 unspecified atom stereocenters. The molecule has 6 nitrogen and oxygen atoms in total. The molecule has 4 aromatic rings. The third-order valence-corrected chi connectivity index (χ3v) is 6.41. The molecule has 0 spiro atoms. The van der Waals surface area contributed by atoms with E-state index in [0.29, 0.717) is 26.4 Å². The molecular weight excluding hydrogens is 428 g/mol. The number of nitrogens with zero attached hydrogens (tertiary/aromatic N) is 2. The van der Waals surface area contributed by atoms with Crippen molar-refractivity contribution in [3.63, 3.8) is 0 Å². The third-order valence-electron chi connectivity index (χ3n) is 6.41. The Bertz CT molecular complexity index is 1300. The molecule has 2 aliphatic heterocycles. The van der Waals surface area contributed by atoms with Crippen molar-refractivity contribution in [3.8, 4) is 0 Å². The van der Waals surface area contributed by atoms with Crippen LogP contribution in [0.2, 0.25) is 0 Å². The summed E-state index contributed by atoms with van der Waals surface area (Å²) in [6.45, 7) is 4.02. The van der Waals surface area contributed by atoms with Crippen LogP contribution in [-0.4, -0.2) is 26.4 Å². The summed E-state index contributed by atoms with van der Waals surface area (Å²) in [4.78, 5) is 0. The van der Waals surface area contributed by atoms with Crippen LogP contribution in [0.15, 0.2) is 85.2 Å². The van der Waals surface area contributed by atoms with Crippen LogP contribution < -0.4 is 9.13 Å². The summed E-state index contributed by atoms with van der Waals surface area (Å²) in [6, 6.07) is 25.5. The fourth-order valence-corrected chi connectivity index (χ4v) is 4.75. The molecule has 6 heteroatoms. The van der Waals surface area contributed by atoms with Gasteiger partial charge in [-0.05, 0) is 29.0 Å². The van der Waals surface area contributed by atoms with Crippen molar-refractivity contribution in [3.05, 3.63) is 108 Å². The second-order valence-electron chi connectivity index (χ2n) is 8.63. The number of benzene rings is 2. The topological polar surface area (TPSA) is 44.7 Å². The standard InChI is InChI=1S/C28H28N2O4/c1-3-12-29(25(8-1)27-31-14-15-32-27)19-21-10-11-22-6-5-7-23(24(22)18-21)20-30-13-4-2-9-26(30)28-33-16-17-34-28/h1-13,18,27-28H,14-17,19-20H2/q+2. The molecule has 2 aliphatic rings. The van der Waals surface area contributed by atoms with Crippen LogP contribution in [-0.2, 0) is 32.0 Å². The summed E-state index contributed by atoms with van der Waals surface area (Å²) in [5, 5.41) is 2.48. The van der Waals surface area contributed by atoms with Gasteiger partial charge in [-0.2, -0.15) is 9.13 Å². The van der Waals surface area contributed by atoms with E-state index in [4.69, 9.17) is 18.9 Å². The lowest BCUT2D eigenvalue weighted by molar-refractivity contribution is -0.702. The quantitative estimate of drug-likeness (QED) is 0.416. The number of ether oxygens (including phenoxy) is 4. The van der Waals surface area contributed by atoms with Gasteiger partial charge in [0.15, 0.2) is 25.5 Å². The van der Waals surface area contributed by atoms with Gasteiger partial charge < -0.3 is 18.9 Å². The SMILES string of the molecule is c1cc[n+](Cc2ccc3cccc(C[n+]4ccccc4C4OCCO4)c3c2)c(C2OCCO2)c1. The van der Waals surface area contributed by atoms with Gasteiger partial charge in [0.05, 0.1) is 26.4 Å². The molecule has 0 radical (unpaired) electrons. The molecule has 0 atom stereocenters. The normalized spacial score (nSPS) is 17.1. The molecule has 0 amide bonds. The van der Waals surface area contributed by atoms with Gasteiger partial charge in [-0.15, -0.1) is 0 Å². The number of pyridine rings is 2. The minimum absolute atomic E-state index is 0.301. The van der Waals surface area contributed by atoms with E-state index in [2.05, 4.69) is 76.1 Å². The van der Waals surface area contributed by atoms with Crippen molar-refractivity contribution in [1.82, 2.24) is 0 Å². The molecule has 4 heterocycles. The Hall–Kier alpha value is -3.16. The first kappa shape index (κ1) is 21.4. The summed E-state index contributed by atoms with van der Waals surface area (Å²) in [6.07, 6.45) is 3.57. The minimum Gasteiger partial charge on any atom is -0.341 e. The zero-order valence-corrected chi connectivity index (χ0v) is 19.0. The van der Waals surface area contributed by atoms with Crippen LogP contribution in [0.4, 0.5) is 0 Å². The van der Waals surface area contributed by atoms with Gasteiger partial charge >= 0.3 is 0 Å². The fourth-order valence-electron chi connectivity index (χ4n) is 4.75. The fraction of sp³-hybridized carbons (Fsp3) is 0.286. The van der Waals surface area contributed by atoms with Crippen LogP contribution in [0.5, 0.6) is 0 Å². The maximum Gasteiger partial charge on any atom is 0.245 e. The highest BCUT2D eigenvalue weighted by atomic mass is 16.7. The molecule has 2 saturated heterocycles. The van der Waals surface area contributed by atoms with Gasteiger partial charge in [-0.25, -0.2) is 0 Å². The van der Waals surface area contributed by atoms with Crippen LogP contribution in [0.3, 0.4) is 0 Å². The van der Waals surface area contributed by atoms with Crippen molar-refractivity contribution in [2.75, 3.05) is 26.4 Å². The van der Waals surface area contributed by atoms with E-state index in [-0.39, 0.29) is 12.6 Å². The average Bonchev–Trinajstić information content (AvgIpc) is 3.60. The molecule has 0 bridgehead atoms. The Morgan fingerprint density at radius 2 is 1.24 bits per heavy atom. The number of hydrogen-bond acceptors (Lipinski definition) is 4. The van der Waals surface area contributed by atoms with Crippen LogP contribution in [0.1, 0.15) is 35.1 Å². The predicted molar refractivity (Wildman–Crippen MR) is 125 cm³/mol. The van der Waals surface area contributed by atoms with Gasteiger partial charge in [0.1, 0.15) is 0 Å². The largest absolute Gasteiger partial charge is 0.341 e. The van der Waals surface area contributed by atoms with E-state index in [0.717, 1.165) is 24.5 Å². The summed E-state index contributed by atoms with van der Waals surface area (Å²) in [7, 11) is 0. The van der Waals surface area contributed by atoms with E-state index in [9.17, 15) is 0 Å². The summed E-state index contributed by atoms with van der Waals surface area (Å²) >= 11 is 0. The Morgan fingerprint density at radius 1 is 0.618 bits per heavy atom. The van der Waals surface area contributed by atoms with Crippen molar-refractivity contribution in [2.24, 2.45) is 0 Å². The zero-order valence-electron chi connectivity index (χ0n) is 19.0. The molecule has 2 aromatic heterocycles. The Morgan fingerprint density at radius 3 is 1.88 bits per heavy atom. The summed E-state index contributed by atoms with van der Waals surface area (Å²) < 4.78 is 27.5. The molecule has 0 aliphatic carbocycles. The molecule has 2 aromatic carbocycles. The first-order valence-corrected chi connectivity index (χ1v) is 11.8. The number of aromatic nitrogens is 2. The minimum atomic E-state index is -0.306. The highest BCUT2D eigenvalue weighted by Gasteiger charge is 2.28. The van der Waals surface area contributed by atoms with Crippen molar-refractivity contribution < 1.29 is 28.1 Å².